The Hall–Kier alpha value is -1.16. The molecule has 0 bridgehead atoms. The van der Waals surface area contributed by atoms with Crippen molar-refractivity contribution in [2.45, 2.75) is 19.3 Å². The average Bonchev–Trinajstić information content (AvgIpc) is 2.72. The first-order valence-electron chi connectivity index (χ1n) is 5.41. The zero-order valence-electron chi connectivity index (χ0n) is 9.03. The van der Waals surface area contributed by atoms with Crippen LogP contribution in [0.1, 0.15) is 19.3 Å². The Morgan fingerprint density at radius 2 is 1.93 bits per heavy atom. The van der Waals surface area contributed by atoms with Gasteiger partial charge in [-0.15, -0.1) is 0 Å². The Kier molecular flexibility index (Phi) is 2.86. The molecule has 0 N–H and O–H groups in total. The first kappa shape index (κ1) is 10.4. The van der Waals surface area contributed by atoms with E-state index in [1.807, 2.05) is 0 Å². The summed E-state index contributed by atoms with van der Waals surface area (Å²) in [6.07, 6.45) is 4.58. The summed E-state index contributed by atoms with van der Waals surface area (Å²) in [6.45, 7) is 2.85. The summed E-state index contributed by atoms with van der Waals surface area (Å²) in [4.78, 5) is 26.5. The van der Waals surface area contributed by atoms with Crippen molar-refractivity contribution in [2.24, 2.45) is 0 Å². The van der Waals surface area contributed by atoms with Gasteiger partial charge in [0.25, 0.3) is 5.91 Å². The van der Waals surface area contributed by atoms with Gasteiger partial charge in [0.2, 0.25) is 5.91 Å². The SMILES string of the molecule is CN1C(=O)CC=C(CN2CCCC2)C1=O. The first-order chi connectivity index (χ1) is 7.18. The van der Waals surface area contributed by atoms with Gasteiger partial charge in [-0.2, -0.15) is 0 Å². The van der Waals surface area contributed by atoms with E-state index in [9.17, 15) is 9.59 Å². The second kappa shape index (κ2) is 4.14. The molecule has 0 atom stereocenters. The third kappa shape index (κ3) is 2.09. The van der Waals surface area contributed by atoms with Gasteiger partial charge in [-0.05, 0) is 25.9 Å². The third-order valence-electron chi connectivity index (χ3n) is 3.07. The highest BCUT2D eigenvalue weighted by Gasteiger charge is 2.26. The van der Waals surface area contributed by atoms with Gasteiger partial charge in [0.15, 0.2) is 0 Å². The van der Waals surface area contributed by atoms with Gasteiger partial charge in [-0.1, -0.05) is 6.08 Å². The lowest BCUT2D eigenvalue weighted by Crippen LogP contribution is -2.40. The number of hydrogen-bond acceptors (Lipinski definition) is 3. The van der Waals surface area contributed by atoms with Crippen molar-refractivity contribution in [1.82, 2.24) is 9.80 Å². The smallest absolute Gasteiger partial charge is 0.257 e. The Bertz CT molecular complexity index is 317. The summed E-state index contributed by atoms with van der Waals surface area (Å²) in [5.74, 6) is -0.233. The van der Waals surface area contributed by atoms with Crippen molar-refractivity contribution in [3.8, 4) is 0 Å². The lowest BCUT2D eigenvalue weighted by Gasteiger charge is -2.24. The number of likely N-dealkylation sites (tertiary alicyclic amines) is 1. The van der Waals surface area contributed by atoms with E-state index in [0.29, 0.717) is 13.0 Å². The minimum absolute atomic E-state index is 0.106. The molecule has 0 aromatic carbocycles. The standard InChI is InChI=1S/C11H16N2O2/c1-12-10(14)5-4-9(11(12)15)8-13-6-2-3-7-13/h4H,2-3,5-8H2,1H3. The van der Waals surface area contributed by atoms with Crippen LogP contribution in [-0.2, 0) is 9.59 Å². The Balaban J connectivity index is 2.02. The van der Waals surface area contributed by atoms with E-state index in [-0.39, 0.29) is 11.8 Å². The van der Waals surface area contributed by atoms with Crippen LogP contribution in [0.3, 0.4) is 0 Å². The molecule has 2 aliphatic rings. The fourth-order valence-electron chi connectivity index (χ4n) is 2.08. The number of nitrogens with zero attached hydrogens (tertiary/aromatic N) is 2. The van der Waals surface area contributed by atoms with Crippen molar-refractivity contribution in [1.29, 1.82) is 0 Å². The largest absolute Gasteiger partial charge is 0.299 e. The van der Waals surface area contributed by atoms with Gasteiger partial charge in [0.1, 0.15) is 0 Å². The van der Waals surface area contributed by atoms with Gasteiger partial charge >= 0.3 is 0 Å². The number of hydrogen-bond donors (Lipinski definition) is 0. The van der Waals surface area contributed by atoms with E-state index >= 15 is 0 Å². The molecule has 15 heavy (non-hydrogen) atoms. The normalized spacial score (nSPS) is 23.5. The molecule has 82 valence electrons. The van der Waals surface area contributed by atoms with Crippen molar-refractivity contribution in [2.75, 3.05) is 26.7 Å². The maximum absolute atomic E-state index is 11.7. The number of amides is 2. The van der Waals surface area contributed by atoms with Crippen LogP contribution < -0.4 is 0 Å². The Morgan fingerprint density at radius 1 is 1.27 bits per heavy atom. The topological polar surface area (TPSA) is 40.6 Å². The molecule has 2 rings (SSSR count). The number of rotatable bonds is 2. The van der Waals surface area contributed by atoms with Crippen LogP contribution in [0.5, 0.6) is 0 Å². The molecule has 0 saturated carbocycles. The Labute approximate surface area is 89.5 Å². The van der Waals surface area contributed by atoms with E-state index in [1.54, 1.807) is 13.1 Å². The minimum Gasteiger partial charge on any atom is -0.299 e. The monoisotopic (exact) mass is 208 g/mol. The second-order valence-electron chi connectivity index (χ2n) is 4.17. The van der Waals surface area contributed by atoms with Crippen LogP contribution in [0.25, 0.3) is 0 Å². The van der Waals surface area contributed by atoms with Crippen molar-refractivity contribution in [3.63, 3.8) is 0 Å². The zero-order chi connectivity index (χ0) is 10.8. The Morgan fingerprint density at radius 3 is 2.60 bits per heavy atom. The van der Waals surface area contributed by atoms with E-state index in [4.69, 9.17) is 0 Å². The highest BCUT2D eigenvalue weighted by molar-refractivity contribution is 6.07. The molecule has 1 saturated heterocycles. The number of carbonyl (C=O) groups excluding carboxylic acids is 2. The van der Waals surface area contributed by atoms with Crippen LogP contribution >= 0.6 is 0 Å². The van der Waals surface area contributed by atoms with E-state index < -0.39 is 0 Å². The molecule has 2 amide bonds. The van der Waals surface area contributed by atoms with Crippen molar-refractivity contribution in [3.05, 3.63) is 11.6 Å². The fraction of sp³-hybridized carbons (Fsp3) is 0.636. The maximum Gasteiger partial charge on any atom is 0.257 e. The molecule has 0 aromatic heterocycles. The molecule has 0 radical (unpaired) electrons. The van der Waals surface area contributed by atoms with E-state index in [1.165, 1.54) is 17.7 Å². The number of imide groups is 1. The second-order valence-corrected chi connectivity index (χ2v) is 4.17. The first-order valence-corrected chi connectivity index (χ1v) is 5.41. The molecule has 1 fully saturated rings. The summed E-state index contributed by atoms with van der Waals surface area (Å²) in [7, 11) is 1.56. The van der Waals surface area contributed by atoms with Crippen molar-refractivity contribution < 1.29 is 9.59 Å². The summed E-state index contributed by atoms with van der Waals surface area (Å²) < 4.78 is 0. The van der Waals surface area contributed by atoms with Crippen molar-refractivity contribution >= 4 is 11.8 Å². The fourth-order valence-corrected chi connectivity index (χ4v) is 2.08. The molecule has 0 spiro atoms. The summed E-state index contributed by atoms with van der Waals surface area (Å²) >= 11 is 0. The predicted octanol–water partition coefficient (Wildman–Crippen LogP) is 0.397. The molecule has 0 aliphatic carbocycles. The van der Waals surface area contributed by atoms with Crippen LogP contribution in [0.4, 0.5) is 0 Å². The average molecular weight is 208 g/mol. The van der Waals surface area contributed by atoms with Gasteiger partial charge in [-0.25, -0.2) is 0 Å². The number of carbonyl (C=O) groups is 2. The quantitative estimate of drug-likeness (QED) is 0.617. The lowest BCUT2D eigenvalue weighted by molar-refractivity contribution is -0.141. The van der Waals surface area contributed by atoms with Gasteiger partial charge in [-0.3, -0.25) is 19.4 Å². The van der Waals surface area contributed by atoms with Gasteiger partial charge in [0.05, 0.1) is 0 Å². The predicted molar refractivity (Wildman–Crippen MR) is 56.2 cm³/mol. The van der Waals surface area contributed by atoms with E-state index in [2.05, 4.69) is 4.90 Å². The van der Waals surface area contributed by atoms with Crippen LogP contribution in [-0.4, -0.2) is 48.3 Å². The van der Waals surface area contributed by atoms with Crippen LogP contribution in [0.15, 0.2) is 11.6 Å². The molecule has 0 unspecified atom stereocenters. The lowest BCUT2D eigenvalue weighted by atomic mass is 10.1. The maximum atomic E-state index is 11.7. The summed E-state index contributed by atoms with van der Waals surface area (Å²) in [6, 6.07) is 0. The third-order valence-corrected chi connectivity index (χ3v) is 3.07. The highest BCUT2D eigenvalue weighted by atomic mass is 16.2. The van der Waals surface area contributed by atoms with Gasteiger partial charge < -0.3 is 0 Å². The van der Waals surface area contributed by atoms with Crippen LogP contribution in [0, 0.1) is 0 Å². The van der Waals surface area contributed by atoms with E-state index in [0.717, 1.165) is 18.7 Å². The molecular weight excluding hydrogens is 192 g/mol. The molecular formula is C11H16N2O2. The molecule has 2 heterocycles. The minimum atomic E-state index is -0.127. The summed E-state index contributed by atoms with van der Waals surface area (Å²) in [5.41, 5.74) is 0.777. The summed E-state index contributed by atoms with van der Waals surface area (Å²) in [5, 5.41) is 0. The molecule has 0 aromatic rings. The van der Waals surface area contributed by atoms with Gasteiger partial charge in [0, 0.05) is 25.6 Å². The molecule has 4 nitrogen and oxygen atoms in total. The number of likely N-dealkylation sites (N-methyl/N-ethyl adjacent to an activating group) is 1. The van der Waals surface area contributed by atoms with Crippen LogP contribution in [0.2, 0.25) is 0 Å². The highest BCUT2D eigenvalue weighted by Crippen LogP contribution is 2.15. The molecule has 2 aliphatic heterocycles. The molecule has 4 heteroatoms. The zero-order valence-corrected chi connectivity index (χ0v) is 9.03.